The summed E-state index contributed by atoms with van der Waals surface area (Å²) in [5.41, 5.74) is 7.84. The van der Waals surface area contributed by atoms with E-state index in [4.69, 9.17) is 10.6 Å². The van der Waals surface area contributed by atoms with Crippen LogP contribution in [0, 0.1) is 0 Å². The summed E-state index contributed by atoms with van der Waals surface area (Å²) in [6, 6.07) is 22.8. The average Bonchev–Trinajstić information content (AvgIpc) is 2.86. The molecule has 0 fully saturated rings. The average molecular weight is 453 g/mol. The topological polar surface area (TPSA) is 84.6 Å². The van der Waals surface area contributed by atoms with Crippen LogP contribution in [-0.4, -0.2) is 17.7 Å². The Balaban J connectivity index is 0.00000101. The number of nitrogens with one attached hydrogen (secondary N) is 1. The van der Waals surface area contributed by atoms with Crippen LogP contribution in [0.5, 0.6) is 5.75 Å². The van der Waals surface area contributed by atoms with Gasteiger partial charge in [0.15, 0.2) is 0 Å². The zero-order chi connectivity index (χ0) is 24.7. The number of hydrogen-bond acceptors (Lipinski definition) is 4. The number of carbonyl (C=O) groups is 1. The van der Waals surface area contributed by atoms with Crippen molar-refractivity contribution in [3.8, 4) is 5.75 Å². The van der Waals surface area contributed by atoms with Crippen molar-refractivity contribution in [2.75, 3.05) is 12.3 Å². The first-order chi connectivity index (χ1) is 16.0. The molecular weight excluding hydrogens is 414 g/mol. The number of para-hydroxylation sites is 2. The normalized spacial score (nSPS) is 10.1. The molecule has 0 aromatic heterocycles. The van der Waals surface area contributed by atoms with Gasteiger partial charge in [0.25, 0.3) is 5.91 Å². The Morgan fingerprint density at radius 3 is 1.82 bits per heavy atom. The Labute approximate surface area is 198 Å². The number of nitrogen functional groups attached to an aromatic ring is 1. The van der Waals surface area contributed by atoms with Crippen molar-refractivity contribution in [1.82, 2.24) is 10.1 Å². The highest BCUT2D eigenvalue weighted by Gasteiger charge is 2.36. The minimum Gasteiger partial charge on any atom is -0.395 e. The standard InChI is InChI=1S/C22H23N3O3.C3H8.C2H6/c1-2-15-24-22(26)17-13-14-21(20(23)16-17)28-25(27,18-9-5-3-6-10-18)19-11-7-4-8-12-19;1-3-2;1-2/h3-14,16,27H,2,15,23H2,1H3;3H2,1-2H3;1-2H3/p+1. The Morgan fingerprint density at radius 2 is 1.39 bits per heavy atom. The zero-order valence-corrected chi connectivity index (χ0v) is 20.4. The molecule has 1 amide bonds. The van der Waals surface area contributed by atoms with E-state index in [0.29, 0.717) is 23.5 Å². The van der Waals surface area contributed by atoms with Gasteiger partial charge in [-0.15, -0.1) is 0 Å². The third-order valence-corrected chi connectivity index (χ3v) is 4.25. The van der Waals surface area contributed by atoms with Gasteiger partial charge in [-0.25, -0.2) is 0 Å². The highest BCUT2D eigenvalue weighted by molar-refractivity contribution is 5.95. The summed E-state index contributed by atoms with van der Waals surface area (Å²) < 4.78 is 0. The molecule has 3 aromatic carbocycles. The summed E-state index contributed by atoms with van der Waals surface area (Å²) in [4.78, 5) is 17.2. The molecule has 0 unspecified atom stereocenters. The third kappa shape index (κ3) is 7.93. The summed E-state index contributed by atoms with van der Waals surface area (Å²) in [6.07, 6.45) is 2.10. The fourth-order valence-electron chi connectivity index (χ4n) is 2.77. The first-order valence-corrected chi connectivity index (χ1v) is 11.6. The summed E-state index contributed by atoms with van der Waals surface area (Å²) in [5.74, 6) is 0.0678. The van der Waals surface area contributed by atoms with Gasteiger partial charge in [-0.3, -0.25) is 9.63 Å². The van der Waals surface area contributed by atoms with Crippen LogP contribution in [-0.2, 0) is 0 Å². The van der Waals surface area contributed by atoms with E-state index in [2.05, 4.69) is 19.2 Å². The maximum Gasteiger partial charge on any atom is 0.251 e. The van der Waals surface area contributed by atoms with E-state index in [1.165, 1.54) is 6.42 Å². The second kappa shape index (κ2) is 14.7. The Kier molecular flexibility index (Phi) is 12.3. The maximum absolute atomic E-state index is 12.1. The van der Waals surface area contributed by atoms with Gasteiger partial charge in [0.2, 0.25) is 17.1 Å². The third-order valence-electron chi connectivity index (χ3n) is 4.25. The molecule has 178 valence electrons. The fourth-order valence-corrected chi connectivity index (χ4v) is 2.77. The van der Waals surface area contributed by atoms with Crippen LogP contribution in [0.3, 0.4) is 0 Å². The number of anilines is 1. The molecule has 0 spiro atoms. The molecule has 4 N–H and O–H groups in total. The number of carbonyl (C=O) groups excluding carboxylic acids is 1. The first-order valence-electron chi connectivity index (χ1n) is 11.6. The van der Waals surface area contributed by atoms with E-state index in [0.717, 1.165) is 6.42 Å². The monoisotopic (exact) mass is 452 g/mol. The maximum atomic E-state index is 12.1. The number of nitrogens with zero attached hydrogens (tertiary/aromatic N) is 1. The summed E-state index contributed by atoms with van der Waals surface area (Å²) in [6.45, 7) is 10.8. The molecule has 0 aliphatic carbocycles. The number of rotatable bonds is 7. The molecule has 3 rings (SSSR count). The number of benzene rings is 3. The molecule has 6 heteroatoms. The molecule has 0 aliphatic heterocycles. The van der Waals surface area contributed by atoms with Gasteiger partial charge in [0, 0.05) is 36.4 Å². The van der Waals surface area contributed by atoms with Crippen LogP contribution < -0.4 is 20.7 Å². The highest BCUT2D eigenvalue weighted by Crippen LogP contribution is 2.35. The van der Waals surface area contributed by atoms with Crippen molar-refractivity contribution in [3.05, 3.63) is 84.4 Å². The molecule has 0 bridgehead atoms. The smallest absolute Gasteiger partial charge is 0.251 e. The SMILES string of the molecule is CC.CCC.CCCNC(=O)c1ccc(O[N+](O)(c2ccccc2)c2ccccc2)c(N)c1. The van der Waals surface area contributed by atoms with Crippen LogP contribution in [0.1, 0.15) is 57.8 Å². The minimum absolute atomic E-state index is 0.198. The second-order valence-corrected chi connectivity index (χ2v) is 7.05. The van der Waals surface area contributed by atoms with Gasteiger partial charge in [-0.1, -0.05) is 77.4 Å². The van der Waals surface area contributed by atoms with Gasteiger partial charge in [-0.05, 0) is 24.6 Å². The quantitative estimate of drug-likeness (QED) is 0.207. The lowest BCUT2D eigenvalue weighted by Crippen LogP contribution is -2.44. The van der Waals surface area contributed by atoms with E-state index in [-0.39, 0.29) is 17.3 Å². The van der Waals surface area contributed by atoms with Gasteiger partial charge < -0.3 is 11.1 Å². The molecule has 0 radical (unpaired) electrons. The molecule has 0 heterocycles. The van der Waals surface area contributed by atoms with Crippen LogP contribution in [0.4, 0.5) is 17.1 Å². The van der Waals surface area contributed by atoms with E-state index in [9.17, 15) is 10.0 Å². The van der Waals surface area contributed by atoms with Crippen LogP contribution in [0.15, 0.2) is 78.9 Å². The van der Waals surface area contributed by atoms with Crippen molar-refractivity contribution in [2.45, 2.75) is 47.5 Å². The van der Waals surface area contributed by atoms with Gasteiger partial charge in [0.1, 0.15) is 0 Å². The lowest BCUT2D eigenvalue weighted by Gasteiger charge is -2.27. The molecule has 0 atom stereocenters. The van der Waals surface area contributed by atoms with Crippen molar-refractivity contribution < 1.29 is 14.8 Å². The van der Waals surface area contributed by atoms with E-state index in [1.54, 1.807) is 42.5 Å². The van der Waals surface area contributed by atoms with Gasteiger partial charge >= 0.3 is 0 Å². The lowest BCUT2D eigenvalue weighted by molar-refractivity contribution is -0.219. The minimum atomic E-state index is -0.909. The summed E-state index contributed by atoms with van der Waals surface area (Å²) >= 11 is 0. The number of quaternary nitrogens is 1. The predicted octanol–water partition coefficient (Wildman–Crippen LogP) is 6.87. The lowest BCUT2D eigenvalue weighted by atomic mass is 10.1. The number of hydrogen-bond donors (Lipinski definition) is 3. The van der Waals surface area contributed by atoms with Crippen LogP contribution in [0.2, 0.25) is 0 Å². The zero-order valence-electron chi connectivity index (χ0n) is 20.4. The Morgan fingerprint density at radius 1 is 0.909 bits per heavy atom. The van der Waals surface area contributed by atoms with Crippen molar-refractivity contribution in [1.29, 1.82) is 0 Å². The molecule has 0 saturated heterocycles. The largest absolute Gasteiger partial charge is 0.395 e. The Bertz CT molecular complexity index is 908. The number of nitrogens with two attached hydrogens (primary N) is 1. The molecule has 0 aliphatic rings. The van der Waals surface area contributed by atoms with E-state index >= 15 is 0 Å². The molecule has 33 heavy (non-hydrogen) atoms. The molecule has 6 nitrogen and oxygen atoms in total. The van der Waals surface area contributed by atoms with Crippen LogP contribution >= 0.6 is 0 Å². The van der Waals surface area contributed by atoms with Crippen molar-refractivity contribution in [3.63, 3.8) is 0 Å². The van der Waals surface area contributed by atoms with E-state index < -0.39 is 4.81 Å². The van der Waals surface area contributed by atoms with Crippen molar-refractivity contribution in [2.24, 2.45) is 0 Å². The predicted molar refractivity (Wildman–Crippen MR) is 138 cm³/mol. The summed E-state index contributed by atoms with van der Waals surface area (Å²) in [5, 5.41) is 14.2. The van der Waals surface area contributed by atoms with Gasteiger partial charge in [-0.2, -0.15) is 5.21 Å². The van der Waals surface area contributed by atoms with Gasteiger partial charge in [0.05, 0.1) is 10.5 Å². The number of amides is 1. The molecule has 0 saturated carbocycles. The van der Waals surface area contributed by atoms with E-state index in [1.807, 2.05) is 57.2 Å². The van der Waals surface area contributed by atoms with Crippen molar-refractivity contribution >= 4 is 23.0 Å². The summed E-state index contributed by atoms with van der Waals surface area (Å²) in [7, 11) is 0. The fraction of sp³-hybridized carbons (Fsp3) is 0.296. The van der Waals surface area contributed by atoms with Crippen LogP contribution in [0.25, 0.3) is 0 Å². The molecular formula is C27H38N3O3+. The second-order valence-electron chi connectivity index (χ2n) is 7.05. The first kappa shape index (κ1) is 27.7. The molecule has 3 aromatic rings. The Hall–Kier alpha value is -3.35. The highest BCUT2D eigenvalue weighted by atomic mass is 16.9.